The average Bonchev–Trinajstić information content (AvgIpc) is 2.97. The predicted octanol–water partition coefficient (Wildman–Crippen LogP) is 0.944. The number of phenolic OH excluding ortho intramolecular Hbond substituents is 5. The van der Waals surface area contributed by atoms with Gasteiger partial charge >= 0.3 is 0 Å². The molecule has 0 fully saturated rings. The number of rotatable bonds is 2. The number of hydrogen-bond donors (Lipinski definition) is 6. The second-order valence-corrected chi connectivity index (χ2v) is 5.09. The molecule has 9 heteroatoms. The molecule has 120 valence electrons. The number of nitrogens with zero attached hydrogens (tertiary/aromatic N) is 3. The maximum Gasteiger partial charge on any atom is 0.208 e. The number of fused-ring (bicyclic) bond motifs is 1. The van der Waals surface area contributed by atoms with E-state index in [4.69, 9.17) is 5.73 Å². The van der Waals surface area contributed by atoms with E-state index < -0.39 is 34.8 Å². The number of hydrogen-bond acceptors (Lipinski definition) is 8. The predicted molar refractivity (Wildman–Crippen MR) is 79.3 cm³/mol. The standard InChI is InChI=1S/C14H14N4O5/c1-5(15)6-4-7-16-2-3-18(7)17-9(6)8-10(19)12(21)14(23)13(22)11(8)20/h2-5,19-23H,15H2,1H3. The Balaban J connectivity index is 2.43. The lowest BCUT2D eigenvalue weighted by Crippen LogP contribution is -2.10. The van der Waals surface area contributed by atoms with Crippen molar-refractivity contribution in [3.63, 3.8) is 0 Å². The van der Waals surface area contributed by atoms with E-state index in [1.54, 1.807) is 13.0 Å². The Morgan fingerprint density at radius 3 is 2.13 bits per heavy atom. The molecule has 0 spiro atoms. The molecule has 0 aliphatic rings. The third-order valence-electron chi connectivity index (χ3n) is 3.51. The molecule has 1 unspecified atom stereocenters. The molecule has 0 amide bonds. The van der Waals surface area contributed by atoms with Gasteiger partial charge in [-0.25, -0.2) is 9.50 Å². The molecule has 3 rings (SSSR count). The lowest BCUT2D eigenvalue weighted by Gasteiger charge is -2.16. The molecule has 1 aromatic carbocycles. The first-order chi connectivity index (χ1) is 10.8. The molecule has 0 saturated carbocycles. The van der Waals surface area contributed by atoms with Crippen molar-refractivity contribution in [3.8, 4) is 40.0 Å². The molecular formula is C14H14N4O5. The lowest BCUT2D eigenvalue weighted by molar-refractivity contribution is 0.330. The van der Waals surface area contributed by atoms with Gasteiger partial charge in [-0.3, -0.25) is 0 Å². The Hall–Kier alpha value is -3.20. The van der Waals surface area contributed by atoms with E-state index in [1.807, 2.05) is 0 Å². The van der Waals surface area contributed by atoms with Crippen LogP contribution in [-0.4, -0.2) is 40.1 Å². The van der Waals surface area contributed by atoms with Gasteiger partial charge in [0.1, 0.15) is 5.69 Å². The molecule has 7 N–H and O–H groups in total. The van der Waals surface area contributed by atoms with Crippen molar-refractivity contribution in [3.05, 3.63) is 24.0 Å². The molecule has 9 nitrogen and oxygen atoms in total. The fraction of sp³-hybridized carbons (Fsp3) is 0.143. The minimum atomic E-state index is -1.03. The Bertz CT molecular complexity index is 890. The van der Waals surface area contributed by atoms with Crippen molar-refractivity contribution in [1.82, 2.24) is 14.6 Å². The molecule has 2 heterocycles. The number of imidazole rings is 1. The van der Waals surface area contributed by atoms with Gasteiger partial charge in [0.25, 0.3) is 0 Å². The van der Waals surface area contributed by atoms with Gasteiger partial charge in [-0.1, -0.05) is 0 Å². The normalized spacial score (nSPS) is 12.6. The fourth-order valence-corrected chi connectivity index (χ4v) is 2.32. The molecule has 0 saturated heterocycles. The largest absolute Gasteiger partial charge is 0.504 e. The third kappa shape index (κ3) is 2.06. The molecule has 23 heavy (non-hydrogen) atoms. The Morgan fingerprint density at radius 2 is 1.57 bits per heavy atom. The molecule has 1 atom stereocenters. The van der Waals surface area contributed by atoms with E-state index >= 15 is 0 Å². The molecule has 0 radical (unpaired) electrons. The fourth-order valence-electron chi connectivity index (χ4n) is 2.32. The molecule has 0 bridgehead atoms. The zero-order chi connectivity index (χ0) is 16.9. The van der Waals surface area contributed by atoms with Crippen molar-refractivity contribution in [2.24, 2.45) is 5.73 Å². The molecule has 0 aliphatic heterocycles. The monoisotopic (exact) mass is 318 g/mol. The number of aromatic nitrogens is 3. The topological polar surface area (TPSA) is 157 Å². The zero-order valence-electron chi connectivity index (χ0n) is 12.0. The number of nitrogens with two attached hydrogens (primary N) is 1. The molecule has 3 aromatic rings. The van der Waals surface area contributed by atoms with Gasteiger partial charge in [0.05, 0.1) is 5.56 Å². The Morgan fingerprint density at radius 1 is 1.00 bits per heavy atom. The van der Waals surface area contributed by atoms with Crippen LogP contribution in [-0.2, 0) is 0 Å². The summed E-state index contributed by atoms with van der Waals surface area (Å²) in [4.78, 5) is 4.07. The number of benzene rings is 1. The second kappa shape index (κ2) is 4.92. The van der Waals surface area contributed by atoms with Crippen molar-refractivity contribution in [2.75, 3.05) is 0 Å². The highest BCUT2D eigenvalue weighted by Crippen LogP contribution is 2.55. The average molecular weight is 318 g/mol. The highest BCUT2D eigenvalue weighted by molar-refractivity contribution is 5.85. The quantitative estimate of drug-likeness (QED) is 0.301. The van der Waals surface area contributed by atoms with Crippen LogP contribution >= 0.6 is 0 Å². The molecule has 0 aliphatic carbocycles. The lowest BCUT2D eigenvalue weighted by atomic mass is 9.99. The first kappa shape index (κ1) is 14.7. The minimum absolute atomic E-state index is 0.0334. The zero-order valence-corrected chi connectivity index (χ0v) is 12.0. The van der Waals surface area contributed by atoms with Gasteiger partial charge in [-0.2, -0.15) is 5.10 Å². The summed E-state index contributed by atoms with van der Waals surface area (Å²) >= 11 is 0. The van der Waals surface area contributed by atoms with Crippen molar-refractivity contribution < 1.29 is 25.5 Å². The van der Waals surface area contributed by atoms with E-state index in [-0.39, 0.29) is 11.3 Å². The Labute approximate surface area is 129 Å². The van der Waals surface area contributed by atoms with Crippen LogP contribution in [0.15, 0.2) is 18.5 Å². The van der Waals surface area contributed by atoms with Crippen LogP contribution in [0.25, 0.3) is 16.9 Å². The van der Waals surface area contributed by atoms with E-state index in [9.17, 15) is 25.5 Å². The summed E-state index contributed by atoms with van der Waals surface area (Å²) in [5.74, 6) is -4.63. The summed E-state index contributed by atoms with van der Waals surface area (Å²) < 4.78 is 1.38. The van der Waals surface area contributed by atoms with Crippen LogP contribution in [0.4, 0.5) is 0 Å². The smallest absolute Gasteiger partial charge is 0.208 e. The van der Waals surface area contributed by atoms with Gasteiger partial charge in [0.15, 0.2) is 17.1 Å². The summed E-state index contributed by atoms with van der Waals surface area (Å²) in [6.45, 7) is 1.66. The maximum absolute atomic E-state index is 10.1. The summed E-state index contributed by atoms with van der Waals surface area (Å²) in [6.07, 6.45) is 3.04. The molecular weight excluding hydrogens is 304 g/mol. The highest BCUT2D eigenvalue weighted by atomic mass is 16.4. The van der Waals surface area contributed by atoms with Crippen molar-refractivity contribution >= 4 is 5.65 Å². The first-order valence-electron chi connectivity index (χ1n) is 6.62. The van der Waals surface area contributed by atoms with Gasteiger partial charge in [-0.05, 0) is 13.0 Å². The van der Waals surface area contributed by atoms with Crippen LogP contribution in [0.3, 0.4) is 0 Å². The minimum Gasteiger partial charge on any atom is -0.504 e. The van der Waals surface area contributed by atoms with Crippen LogP contribution in [0, 0.1) is 0 Å². The van der Waals surface area contributed by atoms with Gasteiger partial charge < -0.3 is 31.3 Å². The van der Waals surface area contributed by atoms with E-state index in [0.717, 1.165) is 0 Å². The van der Waals surface area contributed by atoms with Gasteiger partial charge in [0, 0.05) is 24.0 Å². The highest BCUT2D eigenvalue weighted by Gasteiger charge is 2.27. The van der Waals surface area contributed by atoms with Crippen molar-refractivity contribution in [1.29, 1.82) is 0 Å². The van der Waals surface area contributed by atoms with E-state index in [2.05, 4.69) is 10.1 Å². The van der Waals surface area contributed by atoms with Crippen LogP contribution in [0.2, 0.25) is 0 Å². The van der Waals surface area contributed by atoms with Gasteiger partial charge in [-0.15, -0.1) is 0 Å². The summed E-state index contributed by atoms with van der Waals surface area (Å²) in [5, 5.41) is 53.3. The van der Waals surface area contributed by atoms with Gasteiger partial charge in [0.2, 0.25) is 17.2 Å². The van der Waals surface area contributed by atoms with E-state index in [1.165, 1.54) is 16.9 Å². The maximum atomic E-state index is 10.1. The van der Waals surface area contributed by atoms with Crippen LogP contribution in [0.1, 0.15) is 18.5 Å². The van der Waals surface area contributed by atoms with Crippen LogP contribution in [0.5, 0.6) is 28.7 Å². The number of phenols is 5. The summed E-state index contributed by atoms with van der Waals surface area (Å²) in [6, 6.07) is 1.06. The first-order valence-corrected chi connectivity index (χ1v) is 6.62. The van der Waals surface area contributed by atoms with Crippen molar-refractivity contribution in [2.45, 2.75) is 13.0 Å². The third-order valence-corrected chi connectivity index (χ3v) is 3.51. The van der Waals surface area contributed by atoms with E-state index in [0.29, 0.717) is 11.2 Å². The summed E-state index contributed by atoms with van der Waals surface area (Å²) in [7, 11) is 0. The van der Waals surface area contributed by atoms with Crippen LogP contribution < -0.4 is 5.73 Å². The molecule has 2 aromatic heterocycles. The number of aromatic hydroxyl groups is 5. The SMILES string of the molecule is CC(N)c1cc2nccn2nc1-c1c(O)c(O)c(O)c(O)c1O. The Kier molecular flexibility index (Phi) is 3.15. The second-order valence-electron chi connectivity index (χ2n) is 5.09. The summed E-state index contributed by atoms with van der Waals surface area (Å²) in [5.41, 5.74) is 6.50.